The second-order valence-electron chi connectivity index (χ2n) is 3.95. The average molecular weight is 274 g/mol. The Balaban J connectivity index is 2.30. The first kappa shape index (κ1) is 11.7. The molecule has 3 heterocycles. The predicted molar refractivity (Wildman–Crippen MR) is 70.4 cm³/mol. The van der Waals surface area contributed by atoms with Crippen molar-refractivity contribution in [3.05, 3.63) is 53.6 Å². The number of nitrogens with zero attached hydrogens (tertiary/aromatic N) is 3. The van der Waals surface area contributed by atoms with Crippen LogP contribution in [0.15, 0.2) is 42.9 Å². The minimum atomic E-state index is -0.996. The number of carbonyl (C=O) groups is 1. The van der Waals surface area contributed by atoms with Crippen molar-refractivity contribution in [3.8, 4) is 11.4 Å². The van der Waals surface area contributed by atoms with Crippen LogP contribution in [0.4, 0.5) is 0 Å². The molecule has 0 bridgehead atoms. The lowest BCUT2D eigenvalue weighted by atomic mass is 10.2. The molecule has 0 amide bonds. The third-order valence-electron chi connectivity index (χ3n) is 2.76. The molecule has 3 aromatic rings. The number of hydrogen-bond acceptors (Lipinski definition) is 3. The van der Waals surface area contributed by atoms with Gasteiger partial charge in [-0.2, -0.15) is 0 Å². The minimum absolute atomic E-state index is 0.173. The van der Waals surface area contributed by atoms with Gasteiger partial charge in [-0.1, -0.05) is 11.6 Å². The Bertz CT molecular complexity index is 768. The van der Waals surface area contributed by atoms with Crippen LogP contribution in [0.1, 0.15) is 10.4 Å². The molecule has 0 aliphatic carbocycles. The molecule has 1 N–H and O–H groups in total. The van der Waals surface area contributed by atoms with E-state index < -0.39 is 5.97 Å². The van der Waals surface area contributed by atoms with Crippen molar-refractivity contribution in [2.24, 2.45) is 0 Å². The number of aromatic nitrogens is 3. The summed E-state index contributed by atoms with van der Waals surface area (Å²) < 4.78 is 1.66. The lowest BCUT2D eigenvalue weighted by molar-refractivity contribution is 0.0696. The number of hydrogen-bond donors (Lipinski definition) is 1. The van der Waals surface area contributed by atoms with Gasteiger partial charge in [-0.25, -0.2) is 9.78 Å². The molecule has 0 saturated carbocycles. The standard InChI is InChI=1S/C13H8ClN3O2/c14-11-10-4-3-9(13(18)19)7-17(10)12(16-11)8-2-1-5-15-6-8/h1-7H,(H,18,19). The maximum Gasteiger partial charge on any atom is 0.337 e. The van der Waals surface area contributed by atoms with Crippen LogP contribution in [0.2, 0.25) is 5.15 Å². The van der Waals surface area contributed by atoms with Gasteiger partial charge in [0.1, 0.15) is 5.82 Å². The van der Waals surface area contributed by atoms with Crippen LogP contribution < -0.4 is 0 Å². The van der Waals surface area contributed by atoms with E-state index in [2.05, 4.69) is 9.97 Å². The van der Waals surface area contributed by atoms with Crippen molar-refractivity contribution in [1.29, 1.82) is 0 Å². The largest absolute Gasteiger partial charge is 0.478 e. The number of imidazole rings is 1. The molecule has 6 heteroatoms. The van der Waals surface area contributed by atoms with Gasteiger partial charge in [0.15, 0.2) is 5.15 Å². The normalized spacial score (nSPS) is 10.8. The van der Waals surface area contributed by atoms with E-state index in [1.54, 1.807) is 28.9 Å². The van der Waals surface area contributed by atoms with E-state index in [1.165, 1.54) is 12.3 Å². The zero-order chi connectivity index (χ0) is 13.4. The Morgan fingerprint density at radius 2 is 2.16 bits per heavy atom. The number of aromatic carboxylic acids is 1. The average Bonchev–Trinajstić information content (AvgIpc) is 2.77. The fourth-order valence-corrected chi connectivity index (χ4v) is 2.11. The fraction of sp³-hybridized carbons (Fsp3) is 0. The molecule has 94 valence electrons. The summed E-state index contributed by atoms with van der Waals surface area (Å²) in [6.45, 7) is 0. The van der Waals surface area contributed by atoms with E-state index in [-0.39, 0.29) is 5.56 Å². The Hall–Kier alpha value is -2.40. The molecule has 0 atom stereocenters. The highest BCUT2D eigenvalue weighted by Crippen LogP contribution is 2.25. The maximum absolute atomic E-state index is 11.0. The van der Waals surface area contributed by atoms with Gasteiger partial charge >= 0.3 is 5.97 Å². The SMILES string of the molecule is O=C(O)c1ccc2c(Cl)nc(-c3cccnc3)n2c1. The van der Waals surface area contributed by atoms with Gasteiger partial charge in [-0.05, 0) is 24.3 Å². The molecule has 3 aromatic heterocycles. The molecule has 5 nitrogen and oxygen atoms in total. The summed E-state index contributed by atoms with van der Waals surface area (Å²) in [5, 5.41) is 9.36. The summed E-state index contributed by atoms with van der Waals surface area (Å²) in [7, 11) is 0. The number of fused-ring (bicyclic) bond motifs is 1. The molecular formula is C13H8ClN3O2. The van der Waals surface area contributed by atoms with E-state index in [4.69, 9.17) is 16.7 Å². The monoisotopic (exact) mass is 273 g/mol. The van der Waals surface area contributed by atoms with Crippen LogP contribution in [-0.2, 0) is 0 Å². The van der Waals surface area contributed by atoms with E-state index in [1.807, 2.05) is 6.07 Å². The molecule has 0 saturated heterocycles. The summed E-state index contributed by atoms with van der Waals surface area (Å²) in [6, 6.07) is 6.76. The summed E-state index contributed by atoms with van der Waals surface area (Å²) in [5.41, 5.74) is 1.60. The van der Waals surface area contributed by atoms with Gasteiger partial charge < -0.3 is 5.11 Å². The highest BCUT2D eigenvalue weighted by atomic mass is 35.5. The van der Waals surface area contributed by atoms with Gasteiger partial charge in [0.05, 0.1) is 11.1 Å². The molecule has 0 aliphatic rings. The number of halogens is 1. The summed E-state index contributed by atoms with van der Waals surface area (Å²) in [4.78, 5) is 19.3. The van der Waals surface area contributed by atoms with Gasteiger partial charge in [-0.15, -0.1) is 0 Å². The van der Waals surface area contributed by atoms with Crippen LogP contribution in [0.3, 0.4) is 0 Å². The Kier molecular flexibility index (Phi) is 2.68. The second kappa shape index (κ2) is 4.37. The first-order valence-electron chi connectivity index (χ1n) is 5.48. The molecule has 0 radical (unpaired) electrons. The third kappa shape index (κ3) is 1.94. The first-order chi connectivity index (χ1) is 9.16. The van der Waals surface area contributed by atoms with Crippen molar-refractivity contribution in [2.45, 2.75) is 0 Å². The van der Waals surface area contributed by atoms with Crippen LogP contribution >= 0.6 is 11.6 Å². The minimum Gasteiger partial charge on any atom is -0.478 e. The molecule has 0 fully saturated rings. The van der Waals surface area contributed by atoms with Crippen molar-refractivity contribution < 1.29 is 9.90 Å². The smallest absolute Gasteiger partial charge is 0.337 e. The van der Waals surface area contributed by atoms with Crippen LogP contribution in [0.5, 0.6) is 0 Å². The first-order valence-corrected chi connectivity index (χ1v) is 5.86. The fourth-order valence-electron chi connectivity index (χ4n) is 1.87. The summed E-state index contributed by atoms with van der Waals surface area (Å²) >= 11 is 6.06. The van der Waals surface area contributed by atoms with Crippen molar-refractivity contribution in [3.63, 3.8) is 0 Å². The van der Waals surface area contributed by atoms with Gasteiger partial charge in [0.25, 0.3) is 0 Å². The molecule has 19 heavy (non-hydrogen) atoms. The lowest BCUT2D eigenvalue weighted by Crippen LogP contribution is -1.99. The number of rotatable bonds is 2. The highest BCUT2D eigenvalue weighted by Gasteiger charge is 2.13. The summed E-state index contributed by atoms with van der Waals surface area (Å²) in [5.74, 6) is -0.431. The zero-order valence-electron chi connectivity index (χ0n) is 9.62. The molecule has 0 aromatic carbocycles. The number of carboxylic acids is 1. The van der Waals surface area contributed by atoms with E-state index in [0.717, 1.165) is 5.56 Å². The Morgan fingerprint density at radius 1 is 1.32 bits per heavy atom. The molecule has 0 aliphatic heterocycles. The Morgan fingerprint density at radius 3 is 2.84 bits per heavy atom. The molecule has 0 spiro atoms. The number of carboxylic acid groups (broad SMARTS) is 1. The quantitative estimate of drug-likeness (QED) is 0.779. The van der Waals surface area contributed by atoms with Crippen molar-refractivity contribution in [2.75, 3.05) is 0 Å². The second-order valence-corrected chi connectivity index (χ2v) is 4.30. The van der Waals surface area contributed by atoms with Crippen molar-refractivity contribution in [1.82, 2.24) is 14.4 Å². The Labute approximate surface area is 113 Å². The van der Waals surface area contributed by atoms with E-state index in [0.29, 0.717) is 16.5 Å². The van der Waals surface area contributed by atoms with Crippen molar-refractivity contribution >= 4 is 23.1 Å². The van der Waals surface area contributed by atoms with Gasteiger partial charge in [0.2, 0.25) is 0 Å². The third-order valence-corrected chi connectivity index (χ3v) is 3.04. The van der Waals surface area contributed by atoms with Gasteiger partial charge in [-0.3, -0.25) is 9.38 Å². The van der Waals surface area contributed by atoms with Crippen LogP contribution in [-0.4, -0.2) is 25.4 Å². The molecular weight excluding hydrogens is 266 g/mol. The molecule has 3 rings (SSSR count). The summed E-state index contributed by atoms with van der Waals surface area (Å²) in [6.07, 6.45) is 4.81. The topological polar surface area (TPSA) is 67.5 Å². The van der Waals surface area contributed by atoms with E-state index in [9.17, 15) is 4.79 Å². The molecule has 0 unspecified atom stereocenters. The highest BCUT2D eigenvalue weighted by molar-refractivity contribution is 6.32. The zero-order valence-corrected chi connectivity index (χ0v) is 10.4. The number of pyridine rings is 2. The maximum atomic E-state index is 11.0. The van der Waals surface area contributed by atoms with E-state index >= 15 is 0 Å². The van der Waals surface area contributed by atoms with Crippen LogP contribution in [0.25, 0.3) is 16.9 Å². The van der Waals surface area contributed by atoms with Gasteiger partial charge in [0, 0.05) is 24.2 Å². The van der Waals surface area contributed by atoms with Crippen LogP contribution in [0, 0.1) is 0 Å². The predicted octanol–water partition coefficient (Wildman–Crippen LogP) is 2.75. The lowest BCUT2D eigenvalue weighted by Gasteiger charge is -2.02.